The Morgan fingerprint density at radius 2 is 1.60 bits per heavy atom. The molecule has 1 aliphatic heterocycles. The van der Waals surface area contributed by atoms with Gasteiger partial charge in [-0.3, -0.25) is 0 Å². The van der Waals surface area contributed by atoms with Gasteiger partial charge in [-0.1, -0.05) is 42.5 Å². The standard InChI is InChI=1S/C12H10BNO/c1-2-6-10(7-3-1)13-14-11-8-4-5-9-12(11)15-13/h1-9,14H. The van der Waals surface area contributed by atoms with Crippen LogP contribution in [0.25, 0.3) is 0 Å². The number of hydrogen-bond acceptors (Lipinski definition) is 2. The van der Waals surface area contributed by atoms with Crippen molar-refractivity contribution in [3.8, 4) is 5.75 Å². The number of benzene rings is 2. The Bertz CT molecular complexity index is 447. The van der Waals surface area contributed by atoms with Crippen molar-refractivity contribution in [1.82, 2.24) is 0 Å². The summed E-state index contributed by atoms with van der Waals surface area (Å²) in [6.45, 7) is 0. The van der Waals surface area contributed by atoms with Gasteiger partial charge in [0, 0.05) is 0 Å². The van der Waals surface area contributed by atoms with Gasteiger partial charge in [-0.25, -0.2) is 0 Å². The van der Waals surface area contributed by atoms with E-state index in [2.05, 4.69) is 17.4 Å². The summed E-state index contributed by atoms with van der Waals surface area (Å²) in [5.74, 6) is 0.923. The van der Waals surface area contributed by atoms with Gasteiger partial charge in [-0.2, -0.15) is 0 Å². The summed E-state index contributed by atoms with van der Waals surface area (Å²) in [6, 6.07) is 18.1. The van der Waals surface area contributed by atoms with Crippen LogP contribution in [0.5, 0.6) is 5.75 Å². The Hall–Kier alpha value is -1.90. The van der Waals surface area contributed by atoms with Gasteiger partial charge in [0.1, 0.15) is 5.75 Å². The lowest BCUT2D eigenvalue weighted by molar-refractivity contribution is 0.606. The Morgan fingerprint density at radius 1 is 0.867 bits per heavy atom. The van der Waals surface area contributed by atoms with Gasteiger partial charge in [-0.15, -0.1) is 0 Å². The summed E-state index contributed by atoms with van der Waals surface area (Å²) in [6.07, 6.45) is 0. The molecule has 3 rings (SSSR count). The summed E-state index contributed by atoms with van der Waals surface area (Å²) in [7, 11) is -0.0522. The second-order valence-corrected chi connectivity index (χ2v) is 3.55. The maximum Gasteiger partial charge on any atom is 0.516 e. The molecule has 0 aliphatic carbocycles. The number of anilines is 1. The smallest absolute Gasteiger partial charge is 0.516 e. The van der Waals surface area contributed by atoms with E-state index in [-0.39, 0.29) is 7.05 Å². The second-order valence-electron chi connectivity index (χ2n) is 3.55. The highest BCUT2D eigenvalue weighted by atomic mass is 16.5. The minimum atomic E-state index is -0.0522. The van der Waals surface area contributed by atoms with Crippen molar-refractivity contribution in [1.29, 1.82) is 0 Å². The fourth-order valence-electron chi connectivity index (χ4n) is 1.77. The zero-order valence-corrected chi connectivity index (χ0v) is 8.18. The molecule has 0 radical (unpaired) electrons. The molecule has 1 N–H and O–H groups in total. The molecule has 1 heterocycles. The summed E-state index contributed by atoms with van der Waals surface area (Å²) in [4.78, 5) is 0. The van der Waals surface area contributed by atoms with Crippen LogP contribution in [-0.4, -0.2) is 7.05 Å². The van der Waals surface area contributed by atoms with Crippen LogP contribution in [0.3, 0.4) is 0 Å². The monoisotopic (exact) mass is 195 g/mol. The van der Waals surface area contributed by atoms with Crippen molar-refractivity contribution in [3.05, 3.63) is 54.6 Å². The van der Waals surface area contributed by atoms with E-state index in [0.29, 0.717) is 0 Å². The van der Waals surface area contributed by atoms with E-state index in [1.807, 2.05) is 42.5 Å². The molecular formula is C12H10BNO. The molecule has 0 unspecified atom stereocenters. The quantitative estimate of drug-likeness (QED) is 0.701. The lowest BCUT2D eigenvalue weighted by Gasteiger charge is -2.05. The Balaban J connectivity index is 1.91. The van der Waals surface area contributed by atoms with Crippen molar-refractivity contribution >= 4 is 18.2 Å². The third-order valence-electron chi connectivity index (χ3n) is 2.52. The number of para-hydroxylation sites is 2. The topological polar surface area (TPSA) is 21.3 Å². The molecule has 3 heteroatoms. The minimum Gasteiger partial charge on any atom is -0.536 e. The average molecular weight is 195 g/mol. The van der Waals surface area contributed by atoms with Crippen molar-refractivity contribution in [2.45, 2.75) is 0 Å². The van der Waals surface area contributed by atoms with Gasteiger partial charge in [0.15, 0.2) is 0 Å². The average Bonchev–Trinajstić information content (AvgIpc) is 2.74. The summed E-state index contributed by atoms with van der Waals surface area (Å²) in [5.41, 5.74) is 2.21. The first-order valence-corrected chi connectivity index (χ1v) is 5.01. The van der Waals surface area contributed by atoms with Crippen molar-refractivity contribution in [2.24, 2.45) is 0 Å². The molecule has 0 fully saturated rings. The van der Waals surface area contributed by atoms with Crippen LogP contribution in [0.2, 0.25) is 0 Å². The number of rotatable bonds is 1. The largest absolute Gasteiger partial charge is 0.536 e. The zero-order valence-electron chi connectivity index (χ0n) is 8.18. The number of hydrogen-bond donors (Lipinski definition) is 1. The van der Waals surface area contributed by atoms with E-state index < -0.39 is 0 Å². The van der Waals surface area contributed by atoms with Gasteiger partial charge in [0.25, 0.3) is 0 Å². The van der Waals surface area contributed by atoms with Crippen molar-refractivity contribution in [2.75, 3.05) is 5.23 Å². The first kappa shape index (κ1) is 8.42. The maximum atomic E-state index is 5.78. The summed E-state index contributed by atoms with van der Waals surface area (Å²) in [5, 5.41) is 3.33. The molecule has 2 nitrogen and oxygen atoms in total. The Morgan fingerprint density at radius 3 is 2.40 bits per heavy atom. The van der Waals surface area contributed by atoms with Crippen LogP contribution in [0.1, 0.15) is 0 Å². The molecule has 1 aliphatic rings. The van der Waals surface area contributed by atoms with Gasteiger partial charge in [-0.05, 0) is 17.6 Å². The lowest BCUT2D eigenvalue weighted by Crippen LogP contribution is -2.40. The molecule has 0 saturated carbocycles. The van der Waals surface area contributed by atoms with E-state index >= 15 is 0 Å². The third-order valence-corrected chi connectivity index (χ3v) is 2.52. The maximum absolute atomic E-state index is 5.78. The van der Waals surface area contributed by atoms with Crippen LogP contribution in [-0.2, 0) is 0 Å². The molecule has 15 heavy (non-hydrogen) atoms. The van der Waals surface area contributed by atoms with Crippen LogP contribution in [0.4, 0.5) is 5.69 Å². The lowest BCUT2D eigenvalue weighted by atomic mass is 9.74. The van der Waals surface area contributed by atoms with Crippen LogP contribution < -0.4 is 15.3 Å². The second kappa shape index (κ2) is 3.35. The van der Waals surface area contributed by atoms with E-state index in [4.69, 9.17) is 4.65 Å². The van der Waals surface area contributed by atoms with Crippen LogP contribution >= 0.6 is 0 Å². The zero-order chi connectivity index (χ0) is 10.1. The Labute approximate surface area is 89.0 Å². The number of fused-ring (bicyclic) bond motifs is 1. The van der Waals surface area contributed by atoms with E-state index in [9.17, 15) is 0 Å². The molecule has 2 aromatic carbocycles. The van der Waals surface area contributed by atoms with Gasteiger partial charge < -0.3 is 9.88 Å². The van der Waals surface area contributed by atoms with Crippen LogP contribution in [0.15, 0.2) is 54.6 Å². The van der Waals surface area contributed by atoms with Gasteiger partial charge in [0.05, 0.1) is 5.69 Å². The van der Waals surface area contributed by atoms with Gasteiger partial charge >= 0.3 is 7.05 Å². The molecule has 0 atom stereocenters. The summed E-state index contributed by atoms with van der Waals surface area (Å²) < 4.78 is 5.78. The third kappa shape index (κ3) is 1.46. The predicted octanol–water partition coefficient (Wildman–Crippen LogP) is 1.89. The highest BCUT2D eigenvalue weighted by Gasteiger charge is 2.29. The van der Waals surface area contributed by atoms with Gasteiger partial charge in [0.2, 0.25) is 0 Å². The Kier molecular flexibility index (Phi) is 1.88. The SMILES string of the molecule is c1ccc(B2Nc3ccccc3O2)cc1. The minimum absolute atomic E-state index is 0.0522. The van der Waals surface area contributed by atoms with E-state index in [0.717, 1.165) is 16.9 Å². The normalized spacial score (nSPS) is 12.9. The molecule has 72 valence electrons. The van der Waals surface area contributed by atoms with Crippen LogP contribution in [0, 0.1) is 0 Å². The first-order chi connectivity index (χ1) is 7.43. The molecule has 0 bridgehead atoms. The van der Waals surface area contributed by atoms with Crippen molar-refractivity contribution < 1.29 is 4.65 Å². The first-order valence-electron chi connectivity index (χ1n) is 5.01. The predicted molar refractivity (Wildman–Crippen MR) is 62.5 cm³/mol. The molecule has 0 aromatic heterocycles. The van der Waals surface area contributed by atoms with E-state index in [1.165, 1.54) is 0 Å². The van der Waals surface area contributed by atoms with E-state index in [1.54, 1.807) is 0 Å². The summed E-state index contributed by atoms with van der Waals surface area (Å²) >= 11 is 0. The molecule has 0 saturated heterocycles. The van der Waals surface area contributed by atoms with Crippen molar-refractivity contribution in [3.63, 3.8) is 0 Å². The fraction of sp³-hybridized carbons (Fsp3) is 0. The fourth-order valence-corrected chi connectivity index (χ4v) is 1.77. The number of nitrogens with one attached hydrogen (secondary N) is 1. The molecule has 2 aromatic rings. The highest BCUT2D eigenvalue weighted by Crippen LogP contribution is 2.29. The highest BCUT2D eigenvalue weighted by molar-refractivity contribution is 6.72. The molecular weight excluding hydrogens is 185 g/mol. The molecule has 0 spiro atoms. The molecule has 0 amide bonds.